The monoisotopic (exact) mass is 444 g/mol. The standard InChI is InChI=1S/C26H24N2O3S/c1-20-19-32-26(30)27(20)17-25(29)28(23-10-6-3-7-11-23)16-21-12-14-24(15-13-21)31-18-22-8-4-2-5-9-22/h2-15,19H,16-18H2,1H3. The van der Waals surface area contributed by atoms with Gasteiger partial charge in [-0.15, -0.1) is 0 Å². The van der Waals surface area contributed by atoms with Crippen LogP contribution in [0, 0.1) is 6.92 Å². The number of rotatable bonds is 8. The van der Waals surface area contributed by atoms with Gasteiger partial charge in [0.2, 0.25) is 5.91 Å². The topological polar surface area (TPSA) is 51.5 Å². The highest BCUT2D eigenvalue weighted by Crippen LogP contribution is 2.20. The Bertz CT molecular complexity index is 1220. The third kappa shape index (κ3) is 5.34. The molecule has 6 heteroatoms. The molecule has 0 aliphatic heterocycles. The van der Waals surface area contributed by atoms with Crippen LogP contribution in [0.5, 0.6) is 5.75 Å². The number of ether oxygens (including phenoxy) is 1. The number of thiazole rings is 1. The molecule has 0 aliphatic carbocycles. The summed E-state index contributed by atoms with van der Waals surface area (Å²) in [6.45, 7) is 2.76. The van der Waals surface area contributed by atoms with Crippen LogP contribution < -0.4 is 14.5 Å². The molecule has 32 heavy (non-hydrogen) atoms. The van der Waals surface area contributed by atoms with Gasteiger partial charge < -0.3 is 9.64 Å². The van der Waals surface area contributed by atoms with Crippen LogP contribution in [0.4, 0.5) is 5.69 Å². The molecule has 0 saturated heterocycles. The van der Waals surface area contributed by atoms with E-state index in [-0.39, 0.29) is 17.3 Å². The van der Waals surface area contributed by atoms with Gasteiger partial charge in [-0.2, -0.15) is 0 Å². The van der Waals surface area contributed by atoms with Gasteiger partial charge in [-0.3, -0.25) is 14.2 Å². The van der Waals surface area contributed by atoms with Crippen molar-refractivity contribution in [1.82, 2.24) is 4.57 Å². The molecular weight excluding hydrogens is 420 g/mol. The van der Waals surface area contributed by atoms with Crippen LogP contribution >= 0.6 is 11.3 Å². The lowest BCUT2D eigenvalue weighted by Gasteiger charge is -2.23. The Morgan fingerprint density at radius 2 is 1.56 bits per heavy atom. The summed E-state index contributed by atoms with van der Waals surface area (Å²) in [5.74, 6) is 0.639. The van der Waals surface area contributed by atoms with E-state index in [0.717, 1.165) is 39.6 Å². The molecular formula is C26H24N2O3S. The number of hydrogen-bond acceptors (Lipinski definition) is 4. The van der Waals surface area contributed by atoms with Crippen LogP contribution in [0.1, 0.15) is 16.8 Å². The molecule has 0 unspecified atom stereocenters. The molecule has 1 heterocycles. The Morgan fingerprint density at radius 3 is 2.19 bits per heavy atom. The number of carbonyl (C=O) groups excluding carboxylic acids is 1. The Labute approximate surface area is 191 Å². The van der Waals surface area contributed by atoms with E-state index in [1.54, 1.807) is 10.3 Å². The van der Waals surface area contributed by atoms with E-state index >= 15 is 0 Å². The van der Waals surface area contributed by atoms with Gasteiger partial charge in [0.15, 0.2) is 0 Å². The van der Waals surface area contributed by atoms with Gasteiger partial charge in [0.05, 0.1) is 6.54 Å². The minimum absolute atomic E-state index is 0.0152. The maximum atomic E-state index is 13.2. The van der Waals surface area contributed by atoms with Gasteiger partial charge in [0.1, 0.15) is 18.9 Å². The molecule has 1 amide bonds. The summed E-state index contributed by atoms with van der Waals surface area (Å²) >= 11 is 1.11. The minimum Gasteiger partial charge on any atom is -0.489 e. The van der Waals surface area contributed by atoms with E-state index in [1.807, 2.05) is 91.9 Å². The summed E-state index contributed by atoms with van der Waals surface area (Å²) < 4.78 is 7.38. The second-order valence-corrected chi connectivity index (χ2v) is 8.28. The Hall–Kier alpha value is -3.64. The molecule has 4 rings (SSSR count). The SMILES string of the molecule is Cc1csc(=O)n1CC(=O)N(Cc1ccc(OCc2ccccc2)cc1)c1ccccc1. The first-order valence-electron chi connectivity index (χ1n) is 10.4. The third-order valence-electron chi connectivity index (χ3n) is 5.15. The van der Waals surface area contributed by atoms with Gasteiger partial charge in [0.25, 0.3) is 0 Å². The van der Waals surface area contributed by atoms with Crippen molar-refractivity contribution in [3.8, 4) is 5.75 Å². The van der Waals surface area contributed by atoms with Gasteiger partial charge >= 0.3 is 4.87 Å². The molecule has 0 radical (unpaired) electrons. The number of aryl methyl sites for hydroxylation is 1. The fraction of sp³-hybridized carbons (Fsp3) is 0.154. The van der Waals surface area contributed by atoms with Crippen LogP contribution in [0.3, 0.4) is 0 Å². The molecule has 0 bridgehead atoms. The first-order chi connectivity index (χ1) is 15.6. The summed E-state index contributed by atoms with van der Waals surface area (Å²) in [7, 11) is 0. The zero-order chi connectivity index (χ0) is 22.3. The van der Waals surface area contributed by atoms with Crippen LogP contribution in [-0.4, -0.2) is 10.5 Å². The smallest absolute Gasteiger partial charge is 0.307 e. The summed E-state index contributed by atoms with van der Waals surface area (Å²) in [5, 5.41) is 1.77. The molecule has 0 fully saturated rings. The number of amides is 1. The van der Waals surface area contributed by atoms with Crippen molar-refractivity contribution in [2.24, 2.45) is 0 Å². The number of aromatic nitrogens is 1. The van der Waals surface area contributed by atoms with Crippen LogP contribution in [0.25, 0.3) is 0 Å². The number of carbonyl (C=O) groups is 1. The van der Waals surface area contributed by atoms with Gasteiger partial charge in [-0.25, -0.2) is 0 Å². The van der Waals surface area contributed by atoms with Crippen molar-refractivity contribution in [1.29, 1.82) is 0 Å². The van der Waals surface area contributed by atoms with Crippen LogP contribution in [-0.2, 0) is 24.5 Å². The van der Waals surface area contributed by atoms with Crippen molar-refractivity contribution in [3.05, 3.63) is 117 Å². The second kappa shape index (κ2) is 10.1. The normalized spacial score (nSPS) is 10.7. The molecule has 5 nitrogen and oxygen atoms in total. The van der Waals surface area contributed by atoms with Crippen LogP contribution in [0.15, 0.2) is 95.1 Å². The lowest BCUT2D eigenvalue weighted by atomic mass is 10.1. The molecule has 1 aromatic heterocycles. The molecule has 0 atom stereocenters. The fourth-order valence-corrected chi connectivity index (χ4v) is 4.10. The summed E-state index contributed by atoms with van der Waals surface area (Å²) in [6.07, 6.45) is 0. The fourth-order valence-electron chi connectivity index (χ4n) is 3.36. The Balaban J connectivity index is 1.48. The van der Waals surface area contributed by atoms with Gasteiger partial charge in [0, 0.05) is 16.8 Å². The second-order valence-electron chi connectivity index (χ2n) is 7.46. The van der Waals surface area contributed by atoms with Crippen molar-refractivity contribution < 1.29 is 9.53 Å². The molecule has 162 valence electrons. The predicted molar refractivity (Wildman–Crippen MR) is 128 cm³/mol. The summed E-state index contributed by atoms with van der Waals surface area (Å²) in [5.41, 5.74) is 3.67. The Kier molecular flexibility index (Phi) is 6.82. The minimum atomic E-state index is -0.135. The van der Waals surface area contributed by atoms with Crippen LogP contribution in [0.2, 0.25) is 0 Å². The van der Waals surface area contributed by atoms with E-state index in [4.69, 9.17) is 4.74 Å². The van der Waals surface area contributed by atoms with E-state index in [0.29, 0.717) is 13.2 Å². The van der Waals surface area contributed by atoms with E-state index in [1.165, 1.54) is 4.57 Å². The molecule has 3 aromatic carbocycles. The highest BCUT2D eigenvalue weighted by Gasteiger charge is 2.18. The number of anilines is 1. The Morgan fingerprint density at radius 1 is 0.906 bits per heavy atom. The maximum absolute atomic E-state index is 13.2. The summed E-state index contributed by atoms with van der Waals surface area (Å²) in [4.78, 5) is 26.9. The number of para-hydroxylation sites is 1. The largest absolute Gasteiger partial charge is 0.489 e. The molecule has 0 spiro atoms. The lowest BCUT2D eigenvalue weighted by Crippen LogP contribution is -2.35. The third-order valence-corrected chi connectivity index (χ3v) is 6.03. The first kappa shape index (κ1) is 21.6. The molecule has 0 saturated carbocycles. The van der Waals surface area contributed by atoms with Crippen molar-refractivity contribution in [2.45, 2.75) is 26.6 Å². The summed E-state index contributed by atoms with van der Waals surface area (Å²) in [6, 6.07) is 27.3. The van der Waals surface area contributed by atoms with E-state index < -0.39 is 0 Å². The number of nitrogens with zero attached hydrogens (tertiary/aromatic N) is 2. The van der Waals surface area contributed by atoms with Gasteiger partial charge in [-0.05, 0) is 42.3 Å². The van der Waals surface area contributed by atoms with Gasteiger partial charge in [-0.1, -0.05) is 72.0 Å². The van der Waals surface area contributed by atoms with Crippen molar-refractivity contribution in [2.75, 3.05) is 4.90 Å². The predicted octanol–water partition coefficient (Wildman–Crippen LogP) is 5.03. The quantitative estimate of drug-likeness (QED) is 0.383. The highest BCUT2D eigenvalue weighted by atomic mass is 32.1. The zero-order valence-electron chi connectivity index (χ0n) is 17.8. The van der Waals surface area contributed by atoms with E-state index in [9.17, 15) is 9.59 Å². The molecule has 0 aliphatic rings. The number of hydrogen-bond donors (Lipinski definition) is 0. The van der Waals surface area contributed by atoms with E-state index in [2.05, 4.69) is 0 Å². The highest BCUT2D eigenvalue weighted by molar-refractivity contribution is 7.07. The zero-order valence-corrected chi connectivity index (χ0v) is 18.6. The average Bonchev–Trinajstić information content (AvgIpc) is 3.15. The maximum Gasteiger partial charge on any atom is 0.307 e. The first-order valence-corrected chi connectivity index (χ1v) is 11.2. The molecule has 4 aromatic rings. The number of benzene rings is 3. The van der Waals surface area contributed by atoms with Crippen molar-refractivity contribution >= 4 is 22.9 Å². The van der Waals surface area contributed by atoms with Crippen molar-refractivity contribution in [3.63, 3.8) is 0 Å². The average molecular weight is 445 g/mol. The molecule has 0 N–H and O–H groups in total. The lowest BCUT2D eigenvalue weighted by molar-refractivity contribution is -0.119.